The summed E-state index contributed by atoms with van der Waals surface area (Å²) in [5.74, 6) is 11.2. The van der Waals surface area contributed by atoms with Crippen LogP contribution in [0.2, 0.25) is 0 Å². The molecule has 1 aromatic rings. The maximum absolute atomic E-state index is 5.58. The third-order valence-electron chi connectivity index (χ3n) is 3.54. The van der Waals surface area contributed by atoms with Gasteiger partial charge in [-0.1, -0.05) is 20.8 Å². The number of nitrogens with two attached hydrogens (primary N) is 1. The molecule has 1 saturated heterocycles. The summed E-state index contributed by atoms with van der Waals surface area (Å²) >= 11 is 2.03. The lowest BCUT2D eigenvalue weighted by atomic mass is 9.95. The molecule has 0 aliphatic carbocycles. The second-order valence-corrected chi connectivity index (χ2v) is 7.52. The van der Waals surface area contributed by atoms with Crippen LogP contribution in [0, 0.1) is 12.8 Å². The number of hydrogen-bond acceptors (Lipinski definition) is 6. The topological polar surface area (TPSA) is 75.9 Å². The van der Waals surface area contributed by atoms with Crippen LogP contribution in [0.1, 0.15) is 38.6 Å². The fourth-order valence-electron chi connectivity index (χ4n) is 2.15. The molecule has 0 bridgehead atoms. The molecule has 2 heterocycles. The summed E-state index contributed by atoms with van der Waals surface area (Å²) in [5.41, 5.74) is 3.56. The molecule has 6 heteroatoms. The van der Waals surface area contributed by atoms with Crippen molar-refractivity contribution in [2.45, 2.75) is 39.5 Å². The number of rotatable bonds is 4. The Hall–Kier alpha value is -1.01. The van der Waals surface area contributed by atoms with E-state index in [9.17, 15) is 0 Å². The van der Waals surface area contributed by atoms with E-state index in [0.29, 0.717) is 5.82 Å². The number of thioether (sulfide) groups is 1. The first-order valence-corrected chi connectivity index (χ1v) is 8.24. The van der Waals surface area contributed by atoms with Crippen LogP contribution >= 0.6 is 11.8 Å². The molecule has 2 rings (SSSR count). The molecular weight excluding hydrogens is 270 g/mol. The summed E-state index contributed by atoms with van der Waals surface area (Å²) in [4.78, 5) is 9.20. The number of nitrogens with one attached hydrogen (secondary N) is 2. The van der Waals surface area contributed by atoms with Gasteiger partial charge in [-0.2, -0.15) is 11.8 Å². The third-order valence-corrected chi connectivity index (χ3v) is 4.77. The van der Waals surface area contributed by atoms with Crippen LogP contribution in [0.3, 0.4) is 0 Å². The molecule has 1 atom stereocenters. The molecule has 1 unspecified atom stereocenters. The average molecular weight is 295 g/mol. The Bertz CT molecular complexity index is 463. The highest BCUT2D eigenvalue weighted by molar-refractivity contribution is 7.99. The van der Waals surface area contributed by atoms with Gasteiger partial charge in [0.05, 0.1) is 0 Å². The van der Waals surface area contributed by atoms with Gasteiger partial charge in [-0.3, -0.25) is 0 Å². The minimum Gasteiger partial charge on any atom is -0.369 e. The van der Waals surface area contributed by atoms with Crippen LogP contribution in [0.4, 0.5) is 11.6 Å². The van der Waals surface area contributed by atoms with Crippen LogP contribution in [-0.4, -0.2) is 28.0 Å². The Morgan fingerprint density at radius 1 is 1.30 bits per heavy atom. The van der Waals surface area contributed by atoms with E-state index in [-0.39, 0.29) is 5.41 Å². The monoisotopic (exact) mass is 295 g/mol. The highest BCUT2D eigenvalue weighted by Crippen LogP contribution is 2.27. The van der Waals surface area contributed by atoms with Gasteiger partial charge < -0.3 is 10.7 Å². The van der Waals surface area contributed by atoms with E-state index in [4.69, 9.17) is 5.84 Å². The number of nitrogens with zero attached hydrogens (tertiary/aromatic N) is 2. The van der Waals surface area contributed by atoms with Crippen molar-refractivity contribution in [1.82, 2.24) is 9.97 Å². The fraction of sp³-hybridized carbons (Fsp3) is 0.714. The van der Waals surface area contributed by atoms with Crippen molar-refractivity contribution in [2.75, 3.05) is 28.8 Å². The highest BCUT2D eigenvalue weighted by atomic mass is 32.2. The lowest BCUT2D eigenvalue weighted by Crippen LogP contribution is -2.22. The summed E-state index contributed by atoms with van der Waals surface area (Å²) in [6.07, 6.45) is 1.29. The van der Waals surface area contributed by atoms with Crippen molar-refractivity contribution < 1.29 is 0 Å². The molecule has 112 valence electrons. The molecule has 0 spiro atoms. The third kappa shape index (κ3) is 3.55. The molecule has 20 heavy (non-hydrogen) atoms. The van der Waals surface area contributed by atoms with Gasteiger partial charge in [-0.25, -0.2) is 15.8 Å². The van der Waals surface area contributed by atoms with Crippen molar-refractivity contribution in [3.63, 3.8) is 0 Å². The summed E-state index contributed by atoms with van der Waals surface area (Å²) < 4.78 is 0. The van der Waals surface area contributed by atoms with Gasteiger partial charge in [0.25, 0.3) is 0 Å². The van der Waals surface area contributed by atoms with Crippen molar-refractivity contribution in [1.29, 1.82) is 0 Å². The Balaban J connectivity index is 2.21. The molecule has 0 amide bonds. The molecule has 1 aromatic heterocycles. The van der Waals surface area contributed by atoms with Crippen molar-refractivity contribution in [3.05, 3.63) is 11.4 Å². The normalized spacial score (nSPS) is 19.1. The van der Waals surface area contributed by atoms with E-state index in [0.717, 1.165) is 29.7 Å². The number of anilines is 2. The molecule has 1 aliphatic heterocycles. The lowest BCUT2D eigenvalue weighted by Gasteiger charge is -2.21. The van der Waals surface area contributed by atoms with Gasteiger partial charge in [0.2, 0.25) is 0 Å². The van der Waals surface area contributed by atoms with Crippen LogP contribution in [0.15, 0.2) is 0 Å². The van der Waals surface area contributed by atoms with E-state index in [1.807, 2.05) is 18.7 Å². The maximum Gasteiger partial charge on any atom is 0.148 e. The van der Waals surface area contributed by atoms with Crippen LogP contribution in [0.25, 0.3) is 0 Å². The Morgan fingerprint density at radius 2 is 2.00 bits per heavy atom. The first-order chi connectivity index (χ1) is 9.41. The molecule has 1 aliphatic rings. The molecule has 4 N–H and O–H groups in total. The fourth-order valence-corrected chi connectivity index (χ4v) is 3.43. The van der Waals surface area contributed by atoms with Crippen LogP contribution in [0.5, 0.6) is 0 Å². The van der Waals surface area contributed by atoms with Gasteiger partial charge in [0, 0.05) is 17.5 Å². The Kier molecular flexibility index (Phi) is 4.75. The molecule has 5 nitrogen and oxygen atoms in total. The van der Waals surface area contributed by atoms with Crippen molar-refractivity contribution in [3.8, 4) is 0 Å². The highest BCUT2D eigenvalue weighted by Gasteiger charge is 2.22. The smallest absolute Gasteiger partial charge is 0.148 e. The van der Waals surface area contributed by atoms with Crippen LogP contribution < -0.4 is 16.6 Å². The van der Waals surface area contributed by atoms with Gasteiger partial charge in [-0.15, -0.1) is 0 Å². The summed E-state index contributed by atoms with van der Waals surface area (Å²) in [7, 11) is 0. The first kappa shape index (κ1) is 15.4. The molecule has 0 radical (unpaired) electrons. The van der Waals surface area contributed by atoms with E-state index in [1.54, 1.807) is 0 Å². The van der Waals surface area contributed by atoms with Crippen molar-refractivity contribution >= 4 is 23.4 Å². The van der Waals surface area contributed by atoms with Crippen LogP contribution in [-0.2, 0) is 5.41 Å². The number of hydrogen-bond donors (Lipinski definition) is 3. The van der Waals surface area contributed by atoms with Gasteiger partial charge in [-0.05, 0) is 30.8 Å². The van der Waals surface area contributed by atoms with E-state index in [1.165, 1.54) is 17.9 Å². The second-order valence-electron chi connectivity index (χ2n) is 6.37. The molecule has 1 fully saturated rings. The number of nitrogen functional groups attached to an aromatic ring is 1. The van der Waals surface area contributed by atoms with Gasteiger partial charge in [0.15, 0.2) is 0 Å². The number of hydrazine groups is 1. The summed E-state index contributed by atoms with van der Waals surface area (Å²) in [6.45, 7) is 9.28. The SMILES string of the molecule is Cc1c(NN)nc(C(C)(C)C)nc1NCC1CCSC1. The van der Waals surface area contributed by atoms with Gasteiger partial charge >= 0.3 is 0 Å². The summed E-state index contributed by atoms with van der Waals surface area (Å²) in [5, 5.41) is 3.48. The largest absolute Gasteiger partial charge is 0.369 e. The maximum atomic E-state index is 5.58. The van der Waals surface area contributed by atoms with Gasteiger partial charge in [0.1, 0.15) is 17.5 Å². The minimum absolute atomic E-state index is 0.0983. The van der Waals surface area contributed by atoms with E-state index >= 15 is 0 Å². The lowest BCUT2D eigenvalue weighted by molar-refractivity contribution is 0.545. The predicted molar refractivity (Wildman–Crippen MR) is 87.2 cm³/mol. The van der Waals surface area contributed by atoms with E-state index in [2.05, 4.69) is 41.5 Å². The molecule has 0 aromatic carbocycles. The van der Waals surface area contributed by atoms with Crippen molar-refractivity contribution in [2.24, 2.45) is 11.8 Å². The Labute approximate surface area is 125 Å². The predicted octanol–water partition coefficient (Wildman–Crippen LogP) is 2.53. The number of aromatic nitrogens is 2. The average Bonchev–Trinajstić information content (AvgIpc) is 2.89. The van der Waals surface area contributed by atoms with E-state index < -0.39 is 0 Å². The zero-order chi connectivity index (χ0) is 14.8. The molecule has 0 saturated carbocycles. The second kappa shape index (κ2) is 6.18. The quantitative estimate of drug-likeness (QED) is 0.585. The minimum atomic E-state index is -0.0983. The Morgan fingerprint density at radius 3 is 2.55 bits per heavy atom. The standard InChI is InChI=1S/C14H25N5S/c1-9-11(16-7-10-5-6-20-8-10)17-13(14(2,3)4)18-12(9)19-15/h10H,5-8,15H2,1-4H3,(H2,16,17,18,19). The zero-order valence-electron chi connectivity index (χ0n) is 12.8. The first-order valence-electron chi connectivity index (χ1n) is 7.09. The molecular formula is C14H25N5S. The zero-order valence-corrected chi connectivity index (χ0v) is 13.6. The summed E-state index contributed by atoms with van der Waals surface area (Å²) in [6, 6.07) is 0.